The van der Waals surface area contributed by atoms with Crippen molar-refractivity contribution in [2.75, 3.05) is 5.32 Å². The third-order valence-corrected chi connectivity index (χ3v) is 4.61. The summed E-state index contributed by atoms with van der Waals surface area (Å²) >= 11 is 6.04. The highest BCUT2D eigenvalue weighted by molar-refractivity contribution is 6.30. The first kappa shape index (κ1) is 21.3. The molecule has 3 rings (SSSR count). The zero-order valence-electron chi connectivity index (χ0n) is 16.7. The van der Waals surface area contributed by atoms with Crippen LogP contribution in [-0.4, -0.2) is 27.6 Å². The Morgan fingerprint density at radius 1 is 1.13 bits per heavy atom. The van der Waals surface area contributed by atoms with Crippen LogP contribution in [-0.2, 0) is 4.79 Å². The maximum Gasteiger partial charge on any atom is 0.271 e. The van der Waals surface area contributed by atoms with Crippen molar-refractivity contribution in [3.8, 4) is 11.6 Å². The fourth-order valence-electron chi connectivity index (χ4n) is 2.73. The first-order chi connectivity index (χ1) is 14.2. The molecule has 154 valence electrons. The molecule has 0 fully saturated rings. The number of hydrogen-bond acceptors (Lipinski definition) is 5. The molecule has 0 bridgehead atoms. The number of carbonyl (C=O) groups is 2. The summed E-state index contributed by atoms with van der Waals surface area (Å²) in [6, 6.07) is 14.5. The van der Waals surface area contributed by atoms with Crippen molar-refractivity contribution in [2.24, 2.45) is 0 Å². The molecule has 1 heterocycles. The Kier molecular flexibility index (Phi) is 6.32. The molecule has 1 amide bonds. The third kappa shape index (κ3) is 4.93. The summed E-state index contributed by atoms with van der Waals surface area (Å²) in [6.07, 6.45) is -0.898. The lowest BCUT2D eigenvalue weighted by molar-refractivity contribution is -0.122. The Bertz CT molecular complexity index is 1170. The largest absolute Gasteiger partial charge is 0.463 e. The average molecular weight is 426 g/mol. The van der Waals surface area contributed by atoms with Gasteiger partial charge in [0.25, 0.3) is 11.5 Å². The van der Waals surface area contributed by atoms with Crippen molar-refractivity contribution in [1.29, 1.82) is 0 Å². The van der Waals surface area contributed by atoms with Gasteiger partial charge in [0.1, 0.15) is 0 Å². The summed E-state index contributed by atoms with van der Waals surface area (Å²) < 4.78 is 6.81. The monoisotopic (exact) mass is 425 g/mol. The molecule has 7 nitrogen and oxygen atoms in total. The number of nitrogens with zero attached hydrogens (tertiary/aromatic N) is 2. The summed E-state index contributed by atoms with van der Waals surface area (Å²) in [5, 5.41) is 7.38. The lowest BCUT2D eigenvalue weighted by Gasteiger charge is -2.15. The van der Waals surface area contributed by atoms with E-state index in [1.54, 1.807) is 49.4 Å². The highest BCUT2D eigenvalue weighted by Crippen LogP contribution is 2.19. The number of carbonyl (C=O) groups excluding carboxylic acids is 2. The van der Waals surface area contributed by atoms with E-state index < -0.39 is 12.0 Å². The van der Waals surface area contributed by atoms with E-state index in [1.807, 2.05) is 6.92 Å². The minimum absolute atomic E-state index is 0.0989. The van der Waals surface area contributed by atoms with Crippen molar-refractivity contribution in [1.82, 2.24) is 9.78 Å². The van der Waals surface area contributed by atoms with Crippen LogP contribution in [0.4, 0.5) is 5.69 Å². The van der Waals surface area contributed by atoms with Gasteiger partial charge in [0, 0.05) is 28.4 Å². The van der Waals surface area contributed by atoms with Crippen LogP contribution < -0.4 is 15.6 Å². The maximum absolute atomic E-state index is 12.5. The van der Waals surface area contributed by atoms with Crippen LogP contribution >= 0.6 is 11.6 Å². The molecule has 0 radical (unpaired) electrons. The Morgan fingerprint density at radius 3 is 2.63 bits per heavy atom. The van der Waals surface area contributed by atoms with E-state index in [-0.39, 0.29) is 17.2 Å². The van der Waals surface area contributed by atoms with Crippen LogP contribution in [0.2, 0.25) is 5.02 Å². The number of ether oxygens (including phenoxy) is 1. The van der Waals surface area contributed by atoms with Crippen LogP contribution in [0.3, 0.4) is 0 Å². The fourth-order valence-corrected chi connectivity index (χ4v) is 2.90. The van der Waals surface area contributed by atoms with E-state index in [4.69, 9.17) is 16.3 Å². The third-order valence-electron chi connectivity index (χ3n) is 4.38. The molecule has 0 aliphatic rings. The average Bonchev–Trinajstić information content (AvgIpc) is 2.71. The number of Topliss-reactive ketones (excluding diaryl/α,β-unsaturated/α-hetero) is 1. The normalized spacial score (nSPS) is 11.6. The first-order valence-corrected chi connectivity index (χ1v) is 9.58. The van der Waals surface area contributed by atoms with Crippen LogP contribution in [0.1, 0.15) is 29.8 Å². The smallest absolute Gasteiger partial charge is 0.271 e. The molecule has 0 saturated carbocycles. The molecular weight excluding hydrogens is 406 g/mol. The summed E-state index contributed by atoms with van der Waals surface area (Å²) in [5.74, 6) is -0.415. The lowest BCUT2D eigenvalue weighted by atomic mass is 10.1. The van der Waals surface area contributed by atoms with Gasteiger partial charge < -0.3 is 10.1 Å². The SMILES string of the molecule is CC(=O)c1cccc(NC(=O)[C@@H](C)Oc2ccc(=O)n(-c3cc(Cl)ccc3C)n2)c1. The van der Waals surface area contributed by atoms with Crippen molar-refractivity contribution in [3.63, 3.8) is 0 Å². The van der Waals surface area contributed by atoms with Crippen molar-refractivity contribution in [3.05, 3.63) is 81.1 Å². The van der Waals surface area contributed by atoms with Gasteiger partial charge in [0.2, 0.25) is 5.88 Å². The number of nitrogens with one attached hydrogen (secondary N) is 1. The van der Waals surface area contributed by atoms with Gasteiger partial charge in [-0.1, -0.05) is 29.8 Å². The van der Waals surface area contributed by atoms with E-state index in [2.05, 4.69) is 10.4 Å². The molecule has 2 aromatic carbocycles. The van der Waals surface area contributed by atoms with Gasteiger partial charge in [0.05, 0.1) is 5.69 Å². The Labute approximate surface area is 178 Å². The lowest BCUT2D eigenvalue weighted by Crippen LogP contribution is -2.31. The van der Waals surface area contributed by atoms with Crippen LogP contribution in [0.5, 0.6) is 5.88 Å². The molecule has 3 aromatic rings. The zero-order valence-corrected chi connectivity index (χ0v) is 17.4. The van der Waals surface area contributed by atoms with Gasteiger partial charge in [-0.3, -0.25) is 14.4 Å². The number of benzene rings is 2. The Morgan fingerprint density at radius 2 is 1.90 bits per heavy atom. The first-order valence-electron chi connectivity index (χ1n) is 9.20. The summed E-state index contributed by atoms with van der Waals surface area (Å²) in [6.45, 7) is 4.85. The number of rotatable bonds is 6. The minimum Gasteiger partial charge on any atom is -0.463 e. The second kappa shape index (κ2) is 8.92. The predicted octanol–water partition coefficient (Wildman–Crippen LogP) is 3.80. The number of hydrogen-bond donors (Lipinski definition) is 1. The van der Waals surface area contributed by atoms with Gasteiger partial charge in [-0.05, 0) is 50.6 Å². The molecule has 0 aliphatic carbocycles. The van der Waals surface area contributed by atoms with Crippen LogP contribution in [0, 0.1) is 6.92 Å². The molecule has 0 saturated heterocycles. The number of aryl methyl sites for hydroxylation is 1. The van der Waals surface area contributed by atoms with Gasteiger partial charge >= 0.3 is 0 Å². The van der Waals surface area contributed by atoms with Crippen molar-refractivity contribution in [2.45, 2.75) is 26.9 Å². The van der Waals surface area contributed by atoms with E-state index in [0.29, 0.717) is 22.0 Å². The van der Waals surface area contributed by atoms with Gasteiger partial charge in [-0.15, -0.1) is 5.10 Å². The molecular formula is C22H20ClN3O4. The van der Waals surface area contributed by atoms with Crippen LogP contribution in [0.15, 0.2) is 59.4 Å². The second-order valence-electron chi connectivity index (χ2n) is 6.74. The van der Waals surface area contributed by atoms with E-state index in [1.165, 1.54) is 23.7 Å². The summed E-state index contributed by atoms with van der Waals surface area (Å²) in [5.41, 5.74) is 1.95. The molecule has 0 aliphatic heterocycles. The standard InChI is InChI=1S/C22H20ClN3O4/c1-13-7-8-17(23)12-19(13)26-21(28)10-9-20(25-26)30-15(3)22(29)24-18-6-4-5-16(11-18)14(2)27/h4-12,15H,1-3H3,(H,24,29)/t15-/m1/s1. The zero-order chi connectivity index (χ0) is 21.8. The van der Waals surface area contributed by atoms with E-state index >= 15 is 0 Å². The Hall–Kier alpha value is -3.45. The fraction of sp³-hybridized carbons (Fsp3) is 0.182. The predicted molar refractivity (Wildman–Crippen MR) is 115 cm³/mol. The number of ketones is 1. The van der Waals surface area contributed by atoms with Crippen molar-refractivity contribution < 1.29 is 14.3 Å². The Balaban J connectivity index is 1.78. The van der Waals surface area contributed by atoms with Gasteiger partial charge in [-0.2, -0.15) is 4.68 Å². The minimum atomic E-state index is -0.898. The highest BCUT2D eigenvalue weighted by atomic mass is 35.5. The molecule has 0 unspecified atom stereocenters. The second-order valence-corrected chi connectivity index (χ2v) is 7.18. The number of amides is 1. The van der Waals surface area contributed by atoms with Gasteiger partial charge in [-0.25, -0.2) is 0 Å². The molecule has 1 atom stereocenters. The number of anilines is 1. The van der Waals surface area contributed by atoms with Gasteiger partial charge in [0.15, 0.2) is 11.9 Å². The van der Waals surface area contributed by atoms with Crippen molar-refractivity contribution >= 4 is 29.0 Å². The molecule has 1 N–H and O–H groups in total. The number of halogens is 1. The molecule has 30 heavy (non-hydrogen) atoms. The van der Waals surface area contributed by atoms with E-state index in [0.717, 1.165) is 5.56 Å². The topological polar surface area (TPSA) is 90.3 Å². The molecule has 8 heteroatoms. The summed E-state index contributed by atoms with van der Waals surface area (Å²) in [7, 11) is 0. The highest BCUT2D eigenvalue weighted by Gasteiger charge is 2.17. The molecule has 0 spiro atoms. The van der Waals surface area contributed by atoms with Crippen LogP contribution in [0.25, 0.3) is 5.69 Å². The summed E-state index contributed by atoms with van der Waals surface area (Å²) in [4.78, 5) is 36.3. The number of aromatic nitrogens is 2. The maximum atomic E-state index is 12.5. The quantitative estimate of drug-likeness (QED) is 0.606. The van der Waals surface area contributed by atoms with E-state index in [9.17, 15) is 14.4 Å². The molecule has 1 aromatic heterocycles.